The lowest BCUT2D eigenvalue weighted by Crippen LogP contribution is -1.90. The van der Waals surface area contributed by atoms with Crippen LogP contribution in [0.15, 0.2) is 24.3 Å². The molecule has 0 aliphatic rings. The van der Waals surface area contributed by atoms with Gasteiger partial charge in [-0.05, 0) is 30.2 Å². The molecule has 0 fully saturated rings. The molecule has 0 aliphatic heterocycles. The normalized spacial score (nSPS) is 13.3. The van der Waals surface area contributed by atoms with Crippen molar-refractivity contribution in [2.24, 2.45) is 0 Å². The van der Waals surface area contributed by atoms with Gasteiger partial charge in [-0.15, -0.1) is 0 Å². The molecule has 0 saturated carbocycles. The van der Waals surface area contributed by atoms with Crippen molar-refractivity contribution in [3.05, 3.63) is 35.4 Å². The Hall–Kier alpha value is -0.430. The molecule has 13 heavy (non-hydrogen) atoms. The van der Waals surface area contributed by atoms with Crippen molar-refractivity contribution >= 4 is 11.8 Å². The van der Waals surface area contributed by atoms with Gasteiger partial charge in [-0.2, -0.15) is 11.8 Å². The maximum absolute atomic E-state index is 2.25. The molecule has 1 aromatic carbocycles. The van der Waals surface area contributed by atoms with E-state index < -0.39 is 0 Å². The number of thioether (sulfide) groups is 1. The van der Waals surface area contributed by atoms with Crippen molar-refractivity contribution in [2.75, 3.05) is 6.26 Å². The molecule has 0 spiro atoms. The molecule has 0 aliphatic carbocycles. The first-order valence-corrected chi connectivity index (χ1v) is 6.06. The van der Waals surface area contributed by atoms with Crippen molar-refractivity contribution in [2.45, 2.75) is 31.9 Å². The summed E-state index contributed by atoms with van der Waals surface area (Å²) in [5.41, 5.74) is 2.86. The fourth-order valence-corrected chi connectivity index (χ4v) is 1.72. The van der Waals surface area contributed by atoms with E-state index in [1.165, 1.54) is 11.1 Å². The van der Waals surface area contributed by atoms with Gasteiger partial charge in [0.15, 0.2) is 0 Å². The van der Waals surface area contributed by atoms with Crippen LogP contribution in [0, 0.1) is 0 Å². The fraction of sp³-hybridized carbons (Fsp3) is 0.500. The zero-order valence-electron chi connectivity index (χ0n) is 8.87. The van der Waals surface area contributed by atoms with Gasteiger partial charge in [0.1, 0.15) is 0 Å². The first kappa shape index (κ1) is 10.6. The van der Waals surface area contributed by atoms with Crippen LogP contribution in [-0.2, 0) is 0 Å². The van der Waals surface area contributed by atoms with Crippen molar-refractivity contribution in [3.63, 3.8) is 0 Å². The van der Waals surface area contributed by atoms with Crippen LogP contribution >= 0.6 is 11.8 Å². The predicted molar refractivity (Wildman–Crippen MR) is 62.5 cm³/mol. The third kappa shape index (κ3) is 2.77. The van der Waals surface area contributed by atoms with E-state index >= 15 is 0 Å². The van der Waals surface area contributed by atoms with E-state index in [4.69, 9.17) is 0 Å². The van der Waals surface area contributed by atoms with Gasteiger partial charge in [0.25, 0.3) is 0 Å². The Morgan fingerprint density at radius 3 is 1.77 bits per heavy atom. The Morgan fingerprint density at radius 2 is 1.38 bits per heavy atom. The highest BCUT2D eigenvalue weighted by Gasteiger charge is 2.03. The van der Waals surface area contributed by atoms with Crippen molar-refractivity contribution in [3.8, 4) is 0 Å². The summed E-state index contributed by atoms with van der Waals surface area (Å²) in [6.45, 7) is 6.70. The SMILES string of the molecule is CSC(C)c1ccc(C(C)C)cc1. The highest BCUT2D eigenvalue weighted by Crippen LogP contribution is 2.26. The summed E-state index contributed by atoms with van der Waals surface area (Å²) < 4.78 is 0. The third-order valence-corrected chi connectivity index (χ3v) is 3.41. The van der Waals surface area contributed by atoms with Crippen molar-refractivity contribution < 1.29 is 0 Å². The quantitative estimate of drug-likeness (QED) is 0.693. The molecule has 0 nitrogen and oxygen atoms in total. The molecule has 0 amide bonds. The molecule has 0 radical (unpaired) electrons. The van der Waals surface area contributed by atoms with Crippen LogP contribution in [0.1, 0.15) is 43.1 Å². The Morgan fingerprint density at radius 1 is 0.923 bits per heavy atom. The highest BCUT2D eigenvalue weighted by molar-refractivity contribution is 7.98. The van der Waals surface area contributed by atoms with Gasteiger partial charge >= 0.3 is 0 Å². The van der Waals surface area contributed by atoms with Gasteiger partial charge in [0.2, 0.25) is 0 Å². The maximum Gasteiger partial charge on any atom is 0.0266 e. The van der Waals surface area contributed by atoms with Gasteiger partial charge in [0, 0.05) is 5.25 Å². The first-order valence-electron chi connectivity index (χ1n) is 4.77. The summed E-state index contributed by atoms with van der Waals surface area (Å²) in [5.74, 6) is 0.638. The van der Waals surface area contributed by atoms with E-state index in [0.717, 1.165) is 0 Å². The second kappa shape index (κ2) is 4.71. The van der Waals surface area contributed by atoms with E-state index in [1.807, 2.05) is 11.8 Å². The molecule has 1 rings (SSSR count). The number of benzene rings is 1. The van der Waals surface area contributed by atoms with Gasteiger partial charge < -0.3 is 0 Å². The van der Waals surface area contributed by atoms with Gasteiger partial charge in [-0.1, -0.05) is 38.1 Å². The van der Waals surface area contributed by atoms with Crippen LogP contribution in [0.5, 0.6) is 0 Å². The molecule has 1 aromatic rings. The molecular formula is C12H18S. The van der Waals surface area contributed by atoms with Crippen LogP contribution in [0.4, 0.5) is 0 Å². The number of hydrogen-bond donors (Lipinski definition) is 0. The van der Waals surface area contributed by atoms with E-state index in [1.54, 1.807) is 0 Å². The lowest BCUT2D eigenvalue weighted by molar-refractivity contribution is 0.864. The van der Waals surface area contributed by atoms with Crippen molar-refractivity contribution in [1.29, 1.82) is 0 Å². The topological polar surface area (TPSA) is 0 Å². The van der Waals surface area contributed by atoms with Crippen molar-refractivity contribution in [1.82, 2.24) is 0 Å². The minimum atomic E-state index is 0.612. The van der Waals surface area contributed by atoms with E-state index in [-0.39, 0.29) is 0 Å². The van der Waals surface area contributed by atoms with Crippen LogP contribution in [0.25, 0.3) is 0 Å². The van der Waals surface area contributed by atoms with Gasteiger partial charge in [-0.25, -0.2) is 0 Å². The Labute approximate surface area is 85.7 Å². The van der Waals surface area contributed by atoms with E-state index in [0.29, 0.717) is 11.2 Å². The molecule has 0 N–H and O–H groups in total. The molecular weight excluding hydrogens is 176 g/mol. The van der Waals surface area contributed by atoms with Crippen LogP contribution < -0.4 is 0 Å². The molecule has 72 valence electrons. The average molecular weight is 194 g/mol. The first-order chi connectivity index (χ1) is 6.15. The number of rotatable bonds is 3. The summed E-state index contributed by atoms with van der Waals surface area (Å²) in [7, 11) is 0. The lowest BCUT2D eigenvalue weighted by atomic mass is 10.0. The van der Waals surface area contributed by atoms with Gasteiger partial charge in [0.05, 0.1) is 0 Å². The Balaban J connectivity index is 2.81. The minimum absolute atomic E-state index is 0.612. The molecule has 0 bridgehead atoms. The fourth-order valence-electron chi connectivity index (χ4n) is 1.29. The molecule has 0 saturated heterocycles. The van der Waals surface area contributed by atoms with Crippen LogP contribution in [0.2, 0.25) is 0 Å². The summed E-state index contributed by atoms with van der Waals surface area (Å²) in [4.78, 5) is 0. The molecule has 1 unspecified atom stereocenters. The standard InChI is InChI=1S/C12H18S/c1-9(2)11-5-7-12(8-6-11)10(3)13-4/h5-10H,1-4H3. The minimum Gasteiger partial charge on any atom is -0.158 e. The summed E-state index contributed by atoms with van der Waals surface area (Å²) in [6.07, 6.45) is 2.15. The average Bonchev–Trinajstić information content (AvgIpc) is 2.17. The molecule has 1 heteroatoms. The van der Waals surface area contributed by atoms with Gasteiger partial charge in [-0.3, -0.25) is 0 Å². The number of hydrogen-bond acceptors (Lipinski definition) is 1. The van der Waals surface area contributed by atoms with E-state index in [2.05, 4.69) is 51.3 Å². The Bertz CT molecular complexity index is 248. The largest absolute Gasteiger partial charge is 0.158 e. The maximum atomic E-state index is 2.25. The summed E-state index contributed by atoms with van der Waals surface area (Å²) in [5, 5.41) is 0.612. The predicted octanol–water partition coefficient (Wildman–Crippen LogP) is 4.23. The zero-order chi connectivity index (χ0) is 9.84. The van der Waals surface area contributed by atoms with Crippen LogP contribution in [-0.4, -0.2) is 6.26 Å². The smallest absolute Gasteiger partial charge is 0.0266 e. The second-order valence-electron chi connectivity index (χ2n) is 3.70. The van der Waals surface area contributed by atoms with E-state index in [9.17, 15) is 0 Å². The summed E-state index contributed by atoms with van der Waals surface area (Å²) in [6, 6.07) is 8.98. The molecule has 1 atom stereocenters. The lowest BCUT2D eigenvalue weighted by Gasteiger charge is -2.10. The Kier molecular flexibility index (Phi) is 3.86. The molecule has 0 aromatic heterocycles. The third-order valence-electron chi connectivity index (χ3n) is 2.43. The molecule has 0 heterocycles. The highest BCUT2D eigenvalue weighted by atomic mass is 32.2. The zero-order valence-corrected chi connectivity index (χ0v) is 9.69. The summed E-state index contributed by atoms with van der Waals surface area (Å²) >= 11 is 1.89. The van der Waals surface area contributed by atoms with Crippen LogP contribution in [0.3, 0.4) is 0 Å². The second-order valence-corrected chi connectivity index (χ2v) is 4.88. The monoisotopic (exact) mass is 194 g/mol.